The maximum Gasteiger partial charge on any atom is 0.237 e. The molecule has 0 saturated carbocycles. The van der Waals surface area contributed by atoms with Crippen LogP contribution in [-0.4, -0.2) is 4.98 Å². The molecule has 0 aliphatic heterocycles. The lowest BCUT2D eigenvalue weighted by atomic mass is 10.3. The number of anilines is 1. The van der Waals surface area contributed by atoms with Crippen LogP contribution < -0.4 is 10.5 Å². The fourth-order valence-electron chi connectivity index (χ4n) is 1.27. The zero-order chi connectivity index (χ0) is 12.3. The van der Waals surface area contributed by atoms with Gasteiger partial charge in [-0.15, -0.1) is 0 Å². The molecule has 4 nitrogen and oxygen atoms in total. The lowest BCUT2D eigenvalue weighted by Gasteiger charge is -2.08. The van der Waals surface area contributed by atoms with E-state index in [1.165, 1.54) is 18.3 Å². The van der Waals surface area contributed by atoms with Crippen LogP contribution in [-0.2, 0) is 0 Å². The summed E-state index contributed by atoms with van der Waals surface area (Å²) in [6, 6.07) is 8.90. The average molecular weight is 229 g/mol. The van der Waals surface area contributed by atoms with Gasteiger partial charge in [-0.25, -0.2) is 9.37 Å². The van der Waals surface area contributed by atoms with E-state index >= 15 is 0 Å². The molecule has 0 saturated heterocycles. The van der Waals surface area contributed by atoms with Gasteiger partial charge in [0.05, 0.1) is 5.69 Å². The summed E-state index contributed by atoms with van der Waals surface area (Å²) in [4.78, 5) is 3.91. The van der Waals surface area contributed by atoms with Crippen LogP contribution in [0, 0.1) is 17.1 Å². The first-order chi connectivity index (χ1) is 8.20. The number of aromatic nitrogens is 1. The Morgan fingerprint density at radius 2 is 2.18 bits per heavy atom. The summed E-state index contributed by atoms with van der Waals surface area (Å²) >= 11 is 0. The Balaban J connectivity index is 2.35. The summed E-state index contributed by atoms with van der Waals surface area (Å²) in [5, 5.41) is 8.85. The van der Waals surface area contributed by atoms with Gasteiger partial charge in [0, 0.05) is 12.3 Å². The standard InChI is InChI=1S/C12H8FN3O/c13-9-3-4-11(10(15)6-9)17-12-8(7-14)2-1-5-16-12/h1-6H,15H2. The van der Waals surface area contributed by atoms with Crippen molar-refractivity contribution in [1.29, 1.82) is 5.26 Å². The van der Waals surface area contributed by atoms with E-state index in [1.807, 2.05) is 6.07 Å². The topological polar surface area (TPSA) is 71.9 Å². The molecule has 5 heteroatoms. The molecule has 2 rings (SSSR count). The highest BCUT2D eigenvalue weighted by Crippen LogP contribution is 2.28. The lowest BCUT2D eigenvalue weighted by molar-refractivity contribution is 0.462. The molecule has 0 spiro atoms. The molecule has 1 aromatic heterocycles. The number of nitriles is 1. The highest BCUT2D eigenvalue weighted by molar-refractivity contribution is 5.54. The minimum Gasteiger partial charge on any atom is -0.436 e. The summed E-state index contributed by atoms with van der Waals surface area (Å²) in [6.07, 6.45) is 1.50. The van der Waals surface area contributed by atoms with E-state index in [0.717, 1.165) is 6.07 Å². The summed E-state index contributed by atoms with van der Waals surface area (Å²) in [5.74, 6) is -0.0358. The minimum atomic E-state index is -0.448. The van der Waals surface area contributed by atoms with E-state index in [1.54, 1.807) is 12.1 Å². The van der Waals surface area contributed by atoms with Crippen molar-refractivity contribution < 1.29 is 9.13 Å². The minimum absolute atomic E-state index is 0.147. The molecule has 0 aliphatic rings. The first-order valence-electron chi connectivity index (χ1n) is 4.78. The first-order valence-corrected chi connectivity index (χ1v) is 4.78. The molecular formula is C12H8FN3O. The van der Waals surface area contributed by atoms with Gasteiger partial charge < -0.3 is 10.5 Å². The zero-order valence-electron chi connectivity index (χ0n) is 8.72. The third-order valence-electron chi connectivity index (χ3n) is 2.07. The molecule has 0 aliphatic carbocycles. The van der Waals surface area contributed by atoms with Crippen LogP contribution >= 0.6 is 0 Å². The Labute approximate surface area is 97.1 Å². The number of nitrogens with zero attached hydrogens (tertiary/aromatic N) is 2. The monoisotopic (exact) mass is 229 g/mol. The molecule has 0 atom stereocenters. The molecule has 0 unspecified atom stereocenters. The van der Waals surface area contributed by atoms with Crippen molar-refractivity contribution in [2.75, 3.05) is 5.73 Å². The molecule has 0 radical (unpaired) electrons. The van der Waals surface area contributed by atoms with Crippen molar-refractivity contribution >= 4 is 5.69 Å². The third-order valence-corrected chi connectivity index (χ3v) is 2.07. The summed E-state index contributed by atoms with van der Waals surface area (Å²) < 4.78 is 18.2. The molecule has 2 aromatic rings. The Hall–Kier alpha value is -2.61. The molecule has 0 bridgehead atoms. The molecule has 84 valence electrons. The van der Waals surface area contributed by atoms with E-state index in [4.69, 9.17) is 15.7 Å². The maximum absolute atomic E-state index is 12.8. The molecule has 1 heterocycles. The van der Waals surface area contributed by atoms with Gasteiger partial charge in [-0.2, -0.15) is 5.26 Å². The Bertz CT molecular complexity index is 593. The summed E-state index contributed by atoms with van der Waals surface area (Å²) in [5.41, 5.74) is 6.03. The third kappa shape index (κ3) is 2.32. The molecule has 1 aromatic carbocycles. The highest BCUT2D eigenvalue weighted by atomic mass is 19.1. The molecule has 0 amide bonds. The number of hydrogen-bond donors (Lipinski definition) is 1. The van der Waals surface area contributed by atoms with Crippen LogP contribution in [0.1, 0.15) is 5.56 Å². The van der Waals surface area contributed by atoms with Gasteiger partial charge in [-0.1, -0.05) is 0 Å². The molecule has 0 fully saturated rings. The number of nitrogen functional groups attached to an aromatic ring is 1. The number of hydrogen-bond acceptors (Lipinski definition) is 4. The average Bonchev–Trinajstić information content (AvgIpc) is 2.33. The van der Waals surface area contributed by atoms with E-state index in [0.29, 0.717) is 0 Å². The fourth-order valence-corrected chi connectivity index (χ4v) is 1.27. The fraction of sp³-hybridized carbons (Fsp3) is 0. The summed E-state index contributed by atoms with van der Waals surface area (Å²) in [6.45, 7) is 0. The number of benzene rings is 1. The van der Waals surface area contributed by atoms with Crippen LogP contribution in [0.2, 0.25) is 0 Å². The van der Waals surface area contributed by atoms with E-state index in [9.17, 15) is 4.39 Å². The van der Waals surface area contributed by atoms with Gasteiger partial charge in [0.1, 0.15) is 17.4 Å². The Morgan fingerprint density at radius 1 is 1.35 bits per heavy atom. The van der Waals surface area contributed by atoms with E-state index in [-0.39, 0.29) is 22.9 Å². The predicted molar refractivity (Wildman–Crippen MR) is 59.8 cm³/mol. The highest BCUT2D eigenvalue weighted by Gasteiger charge is 2.08. The first kappa shape index (κ1) is 10.9. The van der Waals surface area contributed by atoms with Crippen molar-refractivity contribution in [1.82, 2.24) is 4.98 Å². The number of halogens is 1. The van der Waals surface area contributed by atoms with Gasteiger partial charge in [0.15, 0.2) is 5.75 Å². The molecule has 2 N–H and O–H groups in total. The van der Waals surface area contributed by atoms with Crippen molar-refractivity contribution in [2.45, 2.75) is 0 Å². The predicted octanol–water partition coefficient (Wildman–Crippen LogP) is 2.47. The van der Waals surface area contributed by atoms with E-state index < -0.39 is 5.82 Å². The normalized spacial score (nSPS) is 9.65. The lowest BCUT2D eigenvalue weighted by Crippen LogP contribution is -1.96. The number of rotatable bonds is 2. The van der Waals surface area contributed by atoms with Gasteiger partial charge >= 0.3 is 0 Å². The van der Waals surface area contributed by atoms with Crippen LogP contribution in [0.5, 0.6) is 11.6 Å². The number of ether oxygens (including phenoxy) is 1. The Morgan fingerprint density at radius 3 is 2.88 bits per heavy atom. The van der Waals surface area contributed by atoms with E-state index in [2.05, 4.69) is 4.98 Å². The van der Waals surface area contributed by atoms with Gasteiger partial charge in [-0.05, 0) is 24.3 Å². The quantitative estimate of drug-likeness (QED) is 0.803. The Kier molecular flexibility index (Phi) is 2.88. The molecular weight excluding hydrogens is 221 g/mol. The van der Waals surface area contributed by atoms with Gasteiger partial charge in [0.25, 0.3) is 0 Å². The second-order valence-corrected chi connectivity index (χ2v) is 3.25. The van der Waals surface area contributed by atoms with Crippen LogP contribution in [0.4, 0.5) is 10.1 Å². The largest absolute Gasteiger partial charge is 0.436 e. The van der Waals surface area contributed by atoms with Crippen molar-refractivity contribution in [3.05, 3.63) is 47.9 Å². The molecule has 17 heavy (non-hydrogen) atoms. The van der Waals surface area contributed by atoms with Gasteiger partial charge in [0.2, 0.25) is 5.88 Å². The van der Waals surface area contributed by atoms with Crippen molar-refractivity contribution in [3.63, 3.8) is 0 Å². The van der Waals surface area contributed by atoms with Crippen molar-refractivity contribution in [2.24, 2.45) is 0 Å². The van der Waals surface area contributed by atoms with Crippen LogP contribution in [0.25, 0.3) is 0 Å². The number of pyridine rings is 1. The second-order valence-electron chi connectivity index (χ2n) is 3.25. The van der Waals surface area contributed by atoms with Crippen molar-refractivity contribution in [3.8, 4) is 17.7 Å². The van der Waals surface area contributed by atoms with Crippen LogP contribution in [0.15, 0.2) is 36.5 Å². The zero-order valence-corrected chi connectivity index (χ0v) is 8.72. The summed E-state index contributed by atoms with van der Waals surface area (Å²) in [7, 11) is 0. The second kappa shape index (κ2) is 4.49. The smallest absolute Gasteiger partial charge is 0.237 e. The SMILES string of the molecule is N#Cc1cccnc1Oc1ccc(F)cc1N. The maximum atomic E-state index is 12.8. The van der Waals surface area contributed by atoms with Gasteiger partial charge in [-0.3, -0.25) is 0 Å². The number of nitrogens with two attached hydrogens (primary N) is 1. The van der Waals surface area contributed by atoms with Crippen LogP contribution in [0.3, 0.4) is 0 Å².